The van der Waals surface area contributed by atoms with Gasteiger partial charge in [-0.05, 0) is 48.5 Å². The van der Waals surface area contributed by atoms with Gasteiger partial charge in [0.25, 0.3) is 0 Å². The van der Waals surface area contributed by atoms with E-state index in [1.807, 2.05) is 54.6 Å². The molecule has 12 aromatic rings. The molecule has 6 nitrogen and oxygen atoms in total. The number of nitrogens with zero attached hydrogens (tertiary/aromatic N) is 5. The van der Waals surface area contributed by atoms with Crippen LogP contribution in [0.2, 0.25) is 0 Å². The van der Waals surface area contributed by atoms with Crippen LogP contribution in [0.3, 0.4) is 0 Å². The lowest BCUT2D eigenvalue weighted by atomic mass is 10.0. The third-order valence-corrected chi connectivity index (χ3v) is 12.8. The molecule has 266 valence electrons. The van der Waals surface area contributed by atoms with Gasteiger partial charge in [0.15, 0.2) is 28.9 Å². The van der Waals surface area contributed by atoms with Crippen LogP contribution < -0.4 is 0 Å². The summed E-state index contributed by atoms with van der Waals surface area (Å²) < 4.78 is 11.2. The first kappa shape index (κ1) is 32.1. The Kier molecular flexibility index (Phi) is 7.17. The van der Waals surface area contributed by atoms with Crippen molar-refractivity contribution < 1.29 is 4.42 Å². The monoisotopic (exact) mass is 765 g/mol. The second kappa shape index (κ2) is 12.7. The number of fused-ring (bicyclic) bond motifs is 9. The zero-order valence-electron chi connectivity index (χ0n) is 30.0. The molecule has 0 saturated carbocycles. The van der Waals surface area contributed by atoms with Crippen LogP contribution in [0, 0.1) is 0 Å². The molecule has 5 aromatic heterocycles. The van der Waals surface area contributed by atoms with Gasteiger partial charge in [0.1, 0.15) is 16.8 Å². The fourth-order valence-corrected chi connectivity index (χ4v) is 10.2. The molecule has 0 aliphatic rings. The Bertz CT molecular complexity index is 3540. The summed E-state index contributed by atoms with van der Waals surface area (Å²) in [6.07, 6.45) is 0. The zero-order valence-corrected chi connectivity index (χ0v) is 31.7. The molecule has 7 aromatic carbocycles. The van der Waals surface area contributed by atoms with Crippen molar-refractivity contribution in [2.45, 2.75) is 0 Å². The van der Waals surface area contributed by atoms with Crippen LogP contribution in [0.4, 0.5) is 0 Å². The highest BCUT2D eigenvalue weighted by Gasteiger charge is 2.22. The molecule has 0 bridgehead atoms. The minimum Gasteiger partial charge on any atom is -0.452 e. The van der Waals surface area contributed by atoms with Gasteiger partial charge in [-0.3, -0.25) is 0 Å². The molecule has 0 unspecified atom stereocenters. The van der Waals surface area contributed by atoms with E-state index in [2.05, 4.69) is 109 Å². The van der Waals surface area contributed by atoms with Crippen molar-refractivity contribution in [3.8, 4) is 56.8 Å². The first-order valence-electron chi connectivity index (χ1n) is 18.7. The summed E-state index contributed by atoms with van der Waals surface area (Å²) >= 11 is 3.55. The topological polar surface area (TPSA) is 77.6 Å². The third-order valence-electron chi connectivity index (χ3n) is 10.6. The van der Waals surface area contributed by atoms with Gasteiger partial charge in [-0.15, -0.1) is 22.7 Å². The van der Waals surface area contributed by atoms with Gasteiger partial charge < -0.3 is 4.42 Å². The van der Waals surface area contributed by atoms with Gasteiger partial charge in [0, 0.05) is 73.5 Å². The molecule has 0 N–H and O–H groups in total. The summed E-state index contributed by atoms with van der Waals surface area (Å²) in [7, 11) is 0. The van der Waals surface area contributed by atoms with Crippen LogP contribution in [-0.2, 0) is 0 Å². The number of hydrogen-bond donors (Lipinski definition) is 0. The Morgan fingerprint density at radius 3 is 1.68 bits per heavy atom. The molecule has 8 heteroatoms. The Morgan fingerprint density at radius 2 is 0.930 bits per heavy atom. The minimum absolute atomic E-state index is 0.614. The van der Waals surface area contributed by atoms with E-state index in [1.165, 1.54) is 14.8 Å². The molecule has 0 spiro atoms. The van der Waals surface area contributed by atoms with Crippen LogP contribution in [0.1, 0.15) is 0 Å². The number of aromatic nitrogens is 5. The van der Waals surface area contributed by atoms with E-state index in [1.54, 1.807) is 22.7 Å². The number of thiophene rings is 2. The largest absolute Gasteiger partial charge is 0.452 e. The third kappa shape index (κ3) is 5.19. The van der Waals surface area contributed by atoms with Gasteiger partial charge in [-0.25, -0.2) is 24.9 Å². The van der Waals surface area contributed by atoms with Crippen LogP contribution in [0.5, 0.6) is 0 Å². The van der Waals surface area contributed by atoms with Crippen LogP contribution in [-0.4, -0.2) is 24.9 Å². The zero-order chi connectivity index (χ0) is 37.5. The van der Waals surface area contributed by atoms with Crippen molar-refractivity contribution in [2.24, 2.45) is 0 Å². The molecule has 0 fully saturated rings. The molecule has 12 rings (SSSR count). The van der Waals surface area contributed by atoms with Gasteiger partial charge in [-0.1, -0.05) is 115 Å². The summed E-state index contributed by atoms with van der Waals surface area (Å²) in [6.45, 7) is 0. The van der Waals surface area contributed by atoms with Gasteiger partial charge in [0.05, 0.1) is 0 Å². The fourth-order valence-electron chi connectivity index (χ4n) is 7.96. The quantitative estimate of drug-likeness (QED) is 0.174. The standard InChI is InChI=1S/C49H27N5OS2/c1-3-13-28(14-4-1)43-45-44(31-17-7-9-21-36(31)55-45)51-48(50-43)34-20-12-24-40-42(34)35-27-30(25-26-38(35)57-40)47-52-46(29-15-5-2-6-16-29)53-49(54-47)33-19-11-23-39-41(33)32-18-8-10-22-37(32)56-39/h1-27H. The maximum Gasteiger partial charge on any atom is 0.180 e. The van der Waals surface area contributed by atoms with Gasteiger partial charge in [0.2, 0.25) is 0 Å². The molecule has 5 heterocycles. The molecule has 0 radical (unpaired) electrons. The highest BCUT2D eigenvalue weighted by molar-refractivity contribution is 7.26. The number of para-hydroxylation sites is 1. The van der Waals surface area contributed by atoms with Crippen LogP contribution in [0.15, 0.2) is 168 Å². The maximum absolute atomic E-state index is 6.42. The highest BCUT2D eigenvalue weighted by Crippen LogP contribution is 2.44. The number of rotatable bonds is 5. The van der Waals surface area contributed by atoms with E-state index in [-0.39, 0.29) is 0 Å². The first-order valence-corrected chi connectivity index (χ1v) is 20.3. The maximum atomic E-state index is 6.42. The van der Waals surface area contributed by atoms with Crippen molar-refractivity contribution in [1.82, 2.24) is 24.9 Å². The lowest BCUT2D eigenvalue weighted by Crippen LogP contribution is -2.00. The molecule has 0 atom stereocenters. The van der Waals surface area contributed by atoms with E-state index < -0.39 is 0 Å². The normalized spacial score (nSPS) is 11.9. The SMILES string of the molecule is c1ccc(-c2nc(-c3ccc4sc5cccc(-c6nc(-c7ccccc7)c7oc8ccccc8c7n6)c5c4c3)nc(-c3cccc4sc5ccccc5c34)n2)cc1. The molecule has 0 aliphatic heterocycles. The van der Waals surface area contributed by atoms with Gasteiger partial charge >= 0.3 is 0 Å². The van der Waals surface area contributed by atoms with Crippen LogP contribution >= 0.6 is 22.7 Å². The second-order valence-electron chi connectivity index (χ2n) is 14.0. The van der Waals surface area contributed by atoms with E-state index >= 15 is 0 Å². The summed E-state index contributed by atoms with van der Waals surface area (Å²) in [5.74, 6) is 2.54. The Labute approximate surface area is 333 Å². The summed E-state index contributed by atoms with van der Waals surface area (Å²) in [6, 6.07) is 56.3. The average molecular weight is 766 g/mol. The minimum atomic E-state index is 0.614. The van der Waals surface area contributed by atoms with E-state index in [4.69, 9.17) is 29.3 Å². The summed E-state index contributed by atoms with van der Waals surface area (Å²) in [5, 5.41) is 5.52. The predicted octanol–water partition coefficient (Wildman–Crippen LogP) is 13.6. The summed E-state index contributed by atoms with van der Waals surface area (Å²) in [5.41, 5.74) is 7.79. The number of benzene rings is 7. The molecule has 0 aliphatic carbocycles. The van der Waals surface area contributed by atoms with Crippen molar-refractivity contribution in [3.63, 3.8) is 0 Å². The van der Waals surface area contributed by atoms with E-state index in [0.717, 1.165) is 75.6 Å². The molecule has 0 saturated heterocycles. The molecule has 57 heavy (non-hydrogen) atoms. The van der Waals surface area contributed by atoms with Crippen molar-refractivity contribution >= 4 is 85.1 Å². The second-order valence-corrected chi connectivity index (χ2v) is 16.1. The van der Waals surface area contributed by atoms with Crippen molar-refractivity contribution in [1.29, 1.82) is 0 Å². The Morgan fingerprint density at radius 1 is 0.368 bits per heavy atom. The Balaban J connectivity index is 1.09. The fraction of sp³-hybridized carbons (Fsp3) is 0. The lowest BCUT2D eigenvalue weighted by molar-refractivity contribution is 0.667. The van der Waals surface area contributed by atoms with E-state index in [9.17, 15) is 0 Å². The molecular weight excluding hydrogens is 739 g/mol. The molecular formula is C49H27N5OS2. The smallest absolute Gasteiger partial charge is 0.180 e. The Hall–Kier alpha value is -7.13. The van der Waals surface area contributed by atoms with Gasteiger partial charge in [-0.2, -0.15) is 0 Å². The van der Waals surface area contributed by atoms with E-state index in [0.29, 0.717) is 28.9 Å². The highest BCUT2D eigenvalue weighted by atomic mass is 32.1. The predicted molar refractivity (Wildman–Crippen MR) is 236 cm³/mol. The number of furan rings is 1. The van der Waals surface area contributed by atoms with Crippen molar-refractivity contribution in [3.05, 3.63) is 164 Å². The number of hydrogen-bond acceptors (Lipinski definition) is 8. The first-order chi connectivity index (χ1) is 28.2. The lowest BCUT2D eigenvalue weighted by Gasteiger charge is -2.10. The summed E-state index contributed by atoms with van der Waals surface area (Å²) in [4.78, 5) is 26.0. The molecule has 0 amide bonds. The van der Waals surface area contributed by atoms with Crippen LogP contribution in [0.25, 0.3) is 119 Å². The average Bonchev–Trinajstić information content (AvgIpc) is 3.97. The van der Waals surface area contributed by atoms with Crippen molar-refractivity contribution in [2.75, 3.05) is 0 Å².